The average Bonchev–Trinajstić information content (AvgIpc) is 3.01. The normalized spacial score (nSPS) is 18.2. The summed E-state index contributed by atoms with van der Waals surface area (Å²) in [6.07, 6.45) is 5.29. The van der Waals surface area contributed by atoms with Crippen molar-refractivity contribution in [3.63, 3.8) is 0 Å². The molecule has 3 aromatic rings. The summed E-state index contributed by atoms with van der Waals surface area (Å²) in [4.78, 5) is 8.38. The molecule has 1 aliphatic heterocycles. The zero-order chi connectivity index (χ0) is 16.4. The molecule has 4 nitrogen and oxygen atoms in total. The van der Waals surface area contributed by atoms with Crippen molar-refractivity contribution in [3.05, 3.63) is 54.9 Å². The van der Waals surface area contributed by atoms with Crippen molar-refractivity contribution in [1.82, 2.24) is 14.3 Å². The molecule has 5 heteroatoms. The fourth-order valence-corrected chi connectivity index (χ4v) is 4.14. The third-order valence-electron chi connectivity index (χ3n) is 4.54. The first kappa shape index (κ1) is 15.5. The predicted octanol–water partition coefficient (Wildman–Crippen LogP) is 3.78. The number of anilines is 1. The van der Waals surface area contributed by atoms with Crippen molar-refractivity contribution < 1.29 is 0 Å². The van der Waals surface area contributed by atoms with E-state index in [4.69, 9.17) is 0 Å². The van der Waals surface area contributed by atoms with Crippen LogP contribution in [0.5, 0.6) is 0 Å². The van der Waals surface area contributed by atoms with Crippen LogP contribution in [0.4, 0.5) is 5.69 Å². The lowest BCUT2D eigenvalue weighted by Gasteiger charge is -2.34. The molecule has 0 aliphatic carbocycles. The summed E-state index contributed by atoms with van der Waals surface area (Å²) in [5, 5.41) is 3.59. The number of hydrogen-bond donors (Lipinski definition) is 1. The fourth-order valence-electron chi connectivity index (χ4n) is 3.23. The molecule has 3 heterocycles. The summed E-state index contributed by atoms with van der Waals surface area (Å²) in [5.41, 5.74) is 3.51. The second-order valence-corrected chi connectivity index (χ2v) is 7.17. The molecular formula is C19H22N4S. The van der Waals surface area contributed by atoms with E-state index in [2.05, 4.69) is 68.7 Å². The molecule has 124 valence electrons. The molecule has 24 heavy (non-hydrogen) atoms. The molecule has 1 fully saturated rings. The maximum atomic E-state index is 4.67. The SMILES string of the molecule is CC[C@H]1CN(c2cn(Sc3ccccc3)c3cccnc23)CCN1. The van der Waals surface area contributed by atoms with Crippen molar-refractivity contribution in [1.29, 1.82) is 0 Å². The number of aromatic nitrogens is 2. The van der Waals surface area contributed by atoms with Gasteiger partial charge in [0.05, 0.1) is 11.2 Å². The highest BCUT2D eigenvalue weighted by atomic mass is 32.2. The second kappa shape index (κ2) is 6.87. The van der Waals surface area contributed by atoms with Gasteiger partial charge in [-0.2, -0.15) is 0 Å². The Morgan fingerprint density at radius 1 is 1.21 bits per heavy atom. The van der Waals surface area contributed by atoms with Gasteiger partial charge in [0.1, 0.15) is 5.52 Å². The van der Waals surface area contributed by atoms with Crippen molar-refractivity contribution in [2.24, 2.45) is 0 Å². The van der Waals surface area contributed by atoms with Crippen LogP contribution in [-0.2, 0) is 0 Å². The van der Waals surface area contributed by atoms with Crippen molar-refractivity contribution in [3.8, 4) is 0 Å². The van der Waals surface area contributed by atoms with Gasteiger partial charge < -0.3 is 10.2 Å². The van der Waals surface area contributed by atoms with E-state index in [0.29, 0.717) is 6.04 Å². The van der Waals surface area contributed by atoms with Gasteiger partial charge in [-0.3, -0.25) is 8.96 Å². The van der Waals surface area contributed by atoms with Crippen LogP contribution in [0.2, 0.25) is 0 Å². The van der Waals surface area contributed by atoms with Crippen molar-refractivity contribution in [2.75, 3.05) is 24.5 Å². The summed E-state index contributed by atoms with van der Waals surface area (Å²) < 4.78 is 2.25. The number of nitrogens with zero attached hydrogens (tertiary/aromatic N) is 3. The molecule has 1 aromatic carbocycles. The molecule has 2 aromatic heterocycles. The lowest BCUT2D eigenvalue weighted by Crippen LogP contribution is -2.50. The topological polar surface area (TPSA) is 33.1 Å². The second-order valence-electron chi connectivity index (χ2n) is 6.12. The Labute approximate surface area is 147 Å². The van der Waals surface area contributed by atoms with Gasteiger partial charge in [0.2, 0.25) is 0 Å². The molecule has 0 bridgehead atoms. The predicted molar refractivity (Wildman–Crippen MR) is 102 cm³/mol. The minimum atomic E-state index is 0.558. The lowest BCUT2D eigenvalue weighted by molar-refractivity contribution is 0.447. The molecule has 0 saturated carbocycles. The first-order valence-electron chi connectivity index (χ1n) is 8.53. The lowest BCUT2D eigenvalue weighted by atomic mass is 10.1. The number of hydrogen-bond acceptors (Lipinski definition) is 4. The van der Waals surface area contributed by atoms with Crippen LogP contribution in [0.15, 0.2) is 59.8 Å². The van der Waals surface area contributed by atoms with Crippen molar-refractivity contribution >= 4 is 28.7 Å². The Morgan fingerprint density at radius 2 is 2.08 bits per heavy atom. The van der Waals surface area contributed by atoms with Gasteiger partial charge in [0, 0.05) is 43.0 Å². The van der Waals surface area contributed by atoms with Gasteiger partial charge in [0.15, 0.2) is 0 Å². The van der Waals surface area contributed by atoms with Gasteiger partial charge in [-0.1, -0.05) is 25.1 Å². The Morgan fingerprint density at radius 3 is 2.92 bits per heavy atom. The third-order valence-corrected chi connectivity index (χ3v) is 5.52. The van der Waals surface area contributed by atoms with Gasteiger partial charge in [-0.05, 0) is 42.6 Å². The molecule has 1 saturated heterocycles. The first-order valence-corrected chi connectivity index (χ1v) is 9.30. The van der Waals surface area contributed by atoms with Crippen LogP contribution in [-0.4, -0.2) is 34.6 Å². The van der Waals surface area contributed by atoms with Gasteiger partial charge in [-0.15, -0.1) is 0 Å². The number of rotatable bonds is 4. The molecular weight excluding hydrogens is 316 g/mol. The molecule has 4 rings (SSSR count). The largest absolute Gasteiger partial charge is 0.366 e. The van der Waals surface area contributed by atoms with Crippen LogP contribution < -0.4 is 10.2 Å². The zero-order valence-corrected chi connectivity index (χ0v) is 14.7. The minimum absolute atomic E-state index is 0.558. The number of pyridine rings is 1. The zero-order valence-electron chi connectivity index (χ0n) is 13.9. The van der Waals surface area contributed by atoms with Crippen LogP contribution in [0.25, 0.3) is 11.0 Å². The molecule has 1 N–H and O–H groups in total. The van der Waals surface area contributed by atoms with E-state index in [9.17, 15) is 0 Å². The molecule has 0 amide bonds. The van der Waals surface area contributed by atoms with E-state index in [1.54, 1.807) is 11.9 Å². The van der Waals surface area contributed by atoms with Crippen LogP contribution in [0.1, 0.15) is 13.3 Å². The first-order chi connectivity index (χ1) is 11.8. The molecule has 1 atom stereocenters. The third kappa shape index (κ3) is 3.01. The van der Waals surface area contributed by atoms with E-state index in [1.807, 2.05) is 12.3 Å². The smallest absolute Gasteiger partial charge is 0.112 e. The molecule has 0 unspecified atom stereocenters. The Bertz CT molecular complexity index is 815. The van der Waals surface area contributed by atoms with Gasteiger partial charge in [-0.25, -0.2) is 0 Å². The monoisotopic (exact) mass is 338 g/mol. The summed E-state index contributed by atoms with van der Waals surface area (Å²) in [7, 11) is 0. The van der Waals surface area contributed by atoms with E-state index in [0.717, 1.165) is 31.6 Å². The highest BCUT2D eigenvalue weighted by Crippen LogP contribution is 2.33. The van der Waals surface area contributed by atoms with Crippen molar-refractivity contribution in [2.45, 2.75) is 24.3 Å². The van der Waals surface area contributed by atoms with Crippen LogP contribution >= 0.6 is 11.9 Å². The Kier molecular flexibility index (Phi) is 4.45. The number of piperazine rings is 1. The van der Waals surface area contributed by atoms with Crippen LogP contribution in [0.3, 0.4) is 0 Å². The summed E-state index contributed by atoms with van der Waals surface area (Å²) >= 11 is 1.74. The minimum Gasteiger partial charge on any atom is -0.366 e. The van der Waals surface area contributed by atoms with Gasteiger partial charge in [0.25, 0.3) is 0 Å². The number of fused-ring (bicyclic) bond motifs is 1. The average molecular weight is 338 g/mol. The number of benzene rings is 1. The van der Waals surface area contributed by atoms with Gasteiger partial charge >= 0.3 is 0 Å². The quantitative estimate of drug-likeness (QED) is 0.785. The maximum Gasteiger partial charge on any atom is 0.112 e. The van der Waals surface area contributed by atoms with E-state index in [1.165, 1.54) is 16.1 Å². The van der Waals surface area contributed by atoms with E-state index in [-0.39, 0.29) is 0 Å². The summed E-state index contributed by atoms with van der Waals surface area (Å²) in [6.45, 7) is 5.35. The van der Waals surface area contributed by atoms with E-state index < -0.39 is 0 Å². The van der Waals surface area contributed by atoms with Crippen LogP contribution in [0, 0.1) is 0 Å². The van der Waals surface area contributed by atoms with E-state index >= 15 is 0 Å². The number of nitrogens with one attached hydrogen (secondary N) is 1. The summed E-state index contributed by atoms with van der Waals surface area (Å²) in [5.74, 6) is 0. The standard InChI is InChI=1S/C19H22N4S/c1-2-15-13-22(12-11-20-15)18-14-23(17-9-6-10-21-19(17)18)24-16-7-4-3-5-8-16/h3-10,14-15,20H,2,11-13H2,1H3/t15-/m0/s1. The summed E-state index contributed by atoms with van der Waals surface area (Å²) in [6, 6.07) is 15.2. The fraction of sp³-hybridized carbons (Fsp3) is 0.316. The maximum absolute atomic E-state index is 4.67. The Balaban J connectivity index is 1.71. The molecule has 1 aliphatic rings. The highest BCUT2D eigenvalue weighted by molar-refractivity contribution is 7.98. The molecule has 0 spiro atoms. The molecule has 0 radical (unpaired) electrons. The Hall–Kier alpha value is -1.98. The highest BCUT2D eigenvalue weighted by Gasteiger charge is 2.22.